The highest BCUT2D eigenvalue weighted by atomic mass is 16.3. The van der Waals surface area contributed by atoms with Gasteiger partial charge in [0.05, 0.1) is 24.1 Å². The summed E-state index contributed by atoms with van der Waals surface area (Å²) in [6.45, 7) is 1.68. The number of amides is 3. The van der Waals surface area contributed by atoms with Crippen LogP contribution in [0.4, 0.5) is 0 Å². The van der Waals surface area contributed by atoms with Gasteiger partial charge in [-0.25, -0.2) is 0 Å². The van der Waals surface area contributed by atoms with E-state index in [4.69, 9.17) is 4.42 Å². The molecule has 6 heteroatoms. The zero-order chi connectivity index (χ0) is 16.6. The monoisotopic (exact) mass is 318 g/mol. The fourth-order valence-corrected chi connectivity index (χ4v) is 3.57. The van der Waals surface area contributed by atoms with Gasteiger partial charge < -0.3 is 9.32 Å². The summed E-state index contributed by atoms with van der Waals surface area (Å²) in [5, 5.41) is 0. The van der Waals surface area contributed by atoms with Crippen LogP contribution in [0, 0.1) is 11.8 Å². The summed E-state index contributed by atoms with van der Waals surface area (Å²) >= 11 is 0. The maximum Gasteiger partial charge on any atom is 0.243 e. The smallest absolute Gasteiger partial charge is 0.243 e. The molecule has 124 valence electrons. The van der Waals surface area contributed by atoms with Crippen LogP contribution >= 0.6 is 0 Å². The molecule has 3 amide bonds. The number of imide groups is 1. The molecule has 0 spiro atoms. The lowest BCUT2D eigenvalue weighted by atomic mass is 9.81. The Morgan fingerprint density at radius 3 is 2.43 bits per heavy atom. The summed E-state index contributed by atoms with van der Waals surface area (Å²) in [5.41, 5.74) is 0. The summed E-state index contributed by atoms with van der Waals surface area (Å²) in [6, 6.07) is 3.32. The van der Waals surface area contributed by atoms with Gasteiger partial charge >= 0.3 is 0 Å². The Balaban J connectivity index is 1.67. The van der Waals surface area contributed by atoms with Crippen molar-refractivity contribution in [3.05, 3.63) is 24.2 Å². The second-order valence-corrected chi connectivity index (χ2v) is 6.46. The van der Waals surface area contributed by atoms with E-state index in [-0.39, 0.29) is 42.1 Å². The van der Waals surface area contributed by atoms with E-state index in [0.29, 0.717) is 5.76 Å². The minimum absolute atomic E-state index is 0.174. The Morgan fingerprint density at radius 2 is 1.91 bits per heavy atom. The number of nitrogens with zero attached hydrogens (tertiary/aromatic N) is 2. The third kappa shape index (κ3) is 2.78. The first kappa shape index (κ1) is 15.8. The van der Waals surface area contributed by atoms with Gasteiger partial charge in [-0.15, -0.1) is 0 Å². The van der Waals surface area contributed by atoms with E-state index in [1.807, 2.05) is 6.92 Å². The van der Waals surface area contributed by atoms with Gasteiger partial charge in [-0.1, -0.05) is 12.8 Å². The average molecular weight is 318 g/mol. The lowest BCUT2D eigenvalue weighted by molar-refractivity contribution is -0.146. The number of hydrogen-bond donors (Lipinski definition) is 0. The summed E-state index contributed by atoms with van der Waals surface area (Å²) in [6.07, 6.45) is 5.05. The zero-order valence-electron chi connectivity index (χ0n) is 13.5. The number of likely N-dealkylation sites (N-methyl/N-ethyl adjacent to an activating group) is 1. The van der Waals surface area contributed by atoms with E-state index >= 15 is 0 Å². The SMILES string of the molecule is CC(c1ccco1)N(C)C(=O)CN1C(=O)C2CCCCC2C1=O. The summed E-state index contributed by atoms with van der Waals surface area (Å²) in [4.78, 5) is 40.0. The number of fused-ring (bicyclic) bond motifs is 1. The average Bonchev–Trinajstić information content (AvgIpc) is 3.17. The summed E-state index contributed by atoms with van der Waals surface area (Å²) < 4.78 is 5.31. The van der Waals surface area contributed by atoms with Crippen LogP contribution in [0.2, 0.25) is 0 Å². The van der Waals surface area contributed by atoms with Gasteiger partial charge in [0.15, 0.2) is 0 Å². The van der Waals surface area contributed by atoms with Crippen LogP contribution < -0.4 is 0 Å². The maximum atomic E-state index is 12.5. The molecule has 0 aromatic carbocycles. The summed E-state index contributed by atoms with van der Waals surface area (Å²) in [7, 11) is 1.66. The van der Waals surface area contributed by atoms with Crippen LogP contribution in [0.15, 0.2) is 22.8 Å². The van der Waals surface area contributed by atoms with Crippen molar-refractivity contribution in [1.29, 1.82) is 0 Å². The van der Waals surface area contributed by atoms with Crippen LogP contribution in [-0.4, -0.2) is 41.1 Å². The molecule has 1 saturated heterocycles. The third-order valence-corrected chi connectivity index (χ3v) is 5.16. The number of rotatable bonds is 4. The van der Waals surface area contributed by atoms with Crippen molar-refractivity contribution < 1.29 is 18.8 Å². The first-order chi connectivity index (χ1) is 11.0. The number of hydrogen-bond acceptors (Lipinski definition) is 4. The molecule has 1 aromatic rings. The molecule has 0 radical (unpaired) electrons. The molecule has 2 heterocycles. The minimum atomic E-state index is -0.255. The van der Waals surface area contributed by atoms with Crippen LogP contribution in [0.3, 0.4) is 0 Å². The van der Waals surface area contributed by atoms with Crippen molar-refractivity contribution in [1.82, 2.24) is 9.80 Å². The molecule has 0 N–H and O–H groups in total. The Labute approximate surface area is 135 Å². The quantitative estimate of drug-likeness (QED) is 0.796. The Morgan fingerprint density at radius 1 is 1.30 bits per heavy atom. The van der Waals surface area contributed by atoms with E-state index < -0.39 is 0 Å². The third-order valence-electron chi connectivity index (χ3n) is 5.16. The van der Waals surface area contributed by atoms with E-state index in [1.165, 1.54) is 4.90 Å². The molecule has 1 aliphatic heterocycles. The summed E-state index contributed by atoms with van der Waals surface area (Å²) in [5.74, 6) is -0.351. The normalized spacial score (nSPS) is 25.4. The molecule has 6 nitrogen and oxygen atoms in total. The standard InChI is InChI=1S/C17H22N2O4/c1-11(14-8-5-9-23-14)18(2)15(20)10-19-16(21)12-6-3-4-7-13(12)17(19)22/h5,8-9,11-13H,3-4,6-7,10H2,1-2H3. The zero-order valence-corrected chi connectivity index (χ0v) is 13.5. The van der Waals surface area contributed by atoms with Crippen LogP contribution in [0.1, 0.15) is 44.4 Å². The molecular formula is C17H22N2O4. The van der Waals surface area contributed by atoms with Gasteiger partial charge in [0, 0.05) is 7.05 Å². The van der Waals surface area contributed by atoms with Crippen molar-refractivity contribution in [2.45, 2.75) is 38.6 Å². The highest BCUT2D eigenvalue weighted by Crippen LogP contribution is 2.38. The lowest BCUT2D eigenvalue weighted by Gasteiger charge is -2.25. The fourth-order valence-electron chi connectivity index (χ4n) is 3.57. The molecular weight excluding hydrogens is 296 g/mol. The van der Waals surface area contributed by atoms with Crippen LogP contribution in [0.5, 0.6) is 0 Å². The molecule has 2 fully saturated rings. The fraction of sp³-hybridized carbons (Fsp3) is 0.588. The number of furan rings is 1. The number of carbonyl (C=O) groups is 3. The van der Waals surface area contributed by atoms with Crippen LogP contribution in [0.25, 0.3) is 0 Å². The van der Waals surface area contributed by atoms with Crippen LogP contribution in [-0.2, 0) is 14.4 Å². The number of likely N-dealkylation sites (tertiary alicyclic amines) is 1. The second kappa shape index (κ2) is 6.18. The molecule has 3 unspecified atom stereocenters. The Hall–Kier alpha value is -2.11. The molecule has 3 atom stereocenters. The van der Waals surface area contributed by atoms with Gasteiger partial charge in [-0.05, 0) is 31.9 Å². The van der Waals surface area contributed by atoms with Crippen molar-refractivity contribution in [3.8, 4) is 0 Å². The second-order valence-electron chi connectivity index (χ2n) is 6.46. The molecule has 0 bridgehead atoms. The highest BCUT2D eigenvalue weighted by Gasteiger charge is 2.48. The van der Waals surface area contributed by atoms with Gasteiger partial charge in [-0.2, -0.15) is 0 Å². The van der Waals surface area contributed by atoms with Gasteiger partial charge in [0.1, 0.15) is 12.3 Å². The minimum Gasteiger partial charge on any atom is -0.467 e. The van der Waals surface area contributed by atoms with Crippen molar-refractivity contribution in [2.75, 3.05) is 13.6 Å². The van der Waals surface area contributed by atoms with Gasteiger partial charge in [0.25, 0.3) is 0 Å². The topological polar surface area (TPSA) is 70.8 Å². The van der Waals surface area contributed by atoms with E-state index in [2.05, 4.69) is 0 Å². The maximum absolute atomic E-state index is 12.5. The number of carbonyl (C=O) groups excluding carboxylic acids is 3. The van der Waals surface area contributed by atoms with Crippen molar-refractivity contribution >= 4 is 17.7 Å². The molecule has 1 aromatic heterocycles. The van der Waals surface area contributed by atoms with Crippen molar-refractivity contribution in [2.24, 2.45) is 11.8 Å². The Kier molecular flexibility index (Phi) is 4.24. The largest absolute Gasteiger partial charge is 0.467 e. The van der Waals surface area contributed by atoms with Crippen molar-refractivity contribution in [3.63, 3.8) is 0 Å². The molecule has 1 aliphatic carbocycles. The highest BCUT2D eigenvalue weighted by molar-refractivity contribution is 6.07. The lowest BCUT2D eigenvalue weighted by Crippen LogP contribution is -2.42. The first-order valence-electron chi connectivity index (χ1n) is 8.15. The van der Waals surface area contributed by atoms with E-state index in [9.17, 15) is 14.4 Å². The van der Waals surface area contributed by atoms with E-state index in [0.717, 1.165) is 30.6 Å². The van der Waals surface area contributed by atoms with Gasteiger partial charge in [-0.3, -0.25) is 19.3 Å². The van der Waals surface area contributed by atoms with E-state index in [1.54, 1.807) is 25.4 Å². The predicted octanol–water partition coefficient (Wildman–Crippen LogP) is 1.97. The molecule has 1 saturated carbocycles. The molecule has 23 heavy (non-hydrogen) atoms. The Bertz CT molecular complexity index is 586. The predicted molar refractivity (Wildman–Crippen MR) is 82.1 cm³/mol. The molecule has 2 aliphatic rings. The van der Waals surface area contributed by atoms with Gasteiger partial charge in [0.2, 0.25) is 17.7 Å². The molecule has 3 rings (SSSR count). The first-order valence-corrected chi connectivity index (χ1v) is 8.15.